The summed E-state index contributed by atoms with van der Waals surface area (Å²) in [6.45, 7) is 9.07. The Balaban J connectivity index is 1.66. The van der Waals surface area contributed by atoms with Gasteiger partial charge in [-0.1, -0.05) is 72.3 Å². The highest BCUT2D eigenvalue weighted by atomic mass is 32.2. The lowest BCUT2D eigenvalue weighted by Gasteiger charge is -2.15. The summed E-state index contributed by atoms with van der Waals surface area (Å²) in [4.78, 5) is 14.8. The Morgan fingerprint density at radius 3 is 2.28 bits per heavy atom. The van der Waals surface area contributed by atoms with Gasteiger partial charge in [0.25, 0.3) is 10.0 Å². The second-order valence-electron chi connectivity index (χ2n) is 10.8. The second-order valence-corrected chi connectivity index (χ2v) is 15.4. The van der Waals surface area contributed by atoms with Gasteiger partial charge >= 0.3 is 5.97 Å². The summed E-state index contributed by atoms with van der Waals surface area (Å²) in [7, 11) is -8.48. The standard InChI is InChI=1S/C35H26N2O7S3/c1-22-10-14-27(15-11-22)47(43,44)37-30-9-4-3-8-28(30)33(29-16-17-45-35(29)36-2)34(37)25-7-5-6-23(18-25)24-12-13-26(20-38)31(19-24)46(41,42)21-32(39)40/h3-19,38H,20-21H2,1H3,(H,39,40). The number of nitrogens with zero attached hydrogens (tertiary/aromatic N) is 2. The highest BCUT2D eigenvalue weighted by molar-refractivity contribution is 7.92. The number of benzene rings is 4. The molecule has 0 saturated carbocycles. The van der Waals surface area contributed by atoms with Gasteiger partial charge in [0.1, 0.15) is 0 Å². The maximum atomic E-state index is 14.5. The van der Waals surface area contributed by atoms with Gasteiger partial charge in [-0.15, -0.1) is 0 Å². The van der Waals surface area contributed by atoms with Crippen molar-refractivity contribution in [1.82, 2.24) is 3.97 Å². The zero-order chi connectivity index (χ0) is 33.5. The number of aryl methyl sites for hydroxylation is 1. The number of aliphatic hydroxyl groups is 1. The van der Waals surface area contributed by atoms with Gasteiger partial charge in [0.05, 0.1) is 34.2 Å². The number of para-hydroxylation sites is 1. The third kappa shape index (κ3) is 5.75. The van der Waals surface area contributed by atoms with E-state index in [9.17, 15) is 31.8 Å². The molecule has 2 aromatic heterocycles. The van der Waals surface area contributed by atoms with Gasteiger partial charge in [-0.25, -0.2) is 25.7 Å². The van der Waals surface area contributed by atoms with Crippen LogP contribution in [0.4, 0.5) is 5.00 Å². The molecule has 0 bridgehead atoms. The van der Waals surface area contributed by atoms with Crippen LogP contribution in [0, 0.1) is 13.5 Å². The largest absolute Gasteiger partial charge is 0.480 e. The van der Waals surface area contributed by atoms with Crippen molar-refractivity contribution < 1.29 is 31.8 Å². The summed E-state index contributed by atoms with van der Waals surface area (Å²) < 4.78 is 56.3. The Bertz CT molecular complexity index is 2450. The van der Waals surface area contributed by atoms with Crippen LogP contribution in [-0.4, -0.2) is 42.7 Å². The summed E-state index contributed by atoms with van der Waals surface area (Å²) in [5, 5.41) is 21.8. The number of rotatable bonds is 9. The minimum atomic E-state index is -4.29. The van der Waals surface area contributed by atoms with Gasteiger partial charge < -0.3 is 10.2 Å². The molecule has 0 aliphatic carbocycles. The molecule has 0 radical (unpaired) electrons. The summed E-state index contributed by atoms with van der Waals surface area (Å²) in [6.07, 6.45) is 0. The van der Waals surface area contributed by atoms with Crippen LogP contribution in [0.15, 0.2) is 112 Å². The highest BCUT2D eigenvalue weighted by Crippen LogP contribution is 2.48. The first kappa shape index (κ1) is 31.9. The predicted molar refractivity (Wildman–Crippen MR) is 182 cm³/mol. The molecule has 236 valence electrons. The Kier molecular flexibility index (Phi) is 8.33. The van der Waals surface area contributed by atoms with Gasteiger partial charge in [-0.05, 0) is 59.3 Å². The van der Waals surface area contributed by atoms with Crippen molar-refractivity contribution in [1.29, 1.82) is 0 Å². The van der Waals surface area contributed by atoms with Crippen molar-refractivity contribution in [2.24, 2.45) is 0 Å². The maximum Gasteiger partial charge on any atom is 0.319 e. The molecule has 0 unspecified atom stereocenters. The number of sulfone groups is 1. The first-order valence-electron chi connectivity index (χ1n) is 14.2. The van der Waals surface area contributed by atoms with Crippen LogP contribution < -0.4 is 0 Å². The Labute approximate surface area is 275 Å². The molecule has 0 aliphatic rings. The average Bonchev–Trinajstić information content (AvgIpc) is 3.66. The fraction of sp³-hybridized carbons (Fsp3) is 0.0857. The van der Waals surface area contributed by atoms with Crippen LogP contribution in [0.3, 0.4) is 0 Å². The molecular formula is C35H26N2O7S3. The van der Waals surface area contributed by atoms with E-state index in [-0.39, 0.29) is 15.4 Å². The third-order valence-electron chi connectivity index (χ3n) is 7.76. The number of aliphatic carboxylic acids is 1. The van der Waals surface area contributed by atoms with Gasteiger partial charge in [-0.3, -0.25) is 4.79 Å². The third-order valence-corrected chi connectivity index (χ3v) is 12.0. The average molecular weight is 683 g/mol. The van der Waals surface area contributed by atoms with Gasteiger partial charge in [-0.2, -0.15) is 11.3 Å². The van der Waals surface area contributed by atoms with Crippen molar-refractivity contribution in [3.05, 3.63) is 125 Å². The van der Waals surface area contributed by atoms with E-state index >= 15 is 0 Å². The van der Waals surface area contributed by atoms with Gasteiger partial charge in [0.15, 0.2) is 15.6 Å². The maximum absolute atomic E-state index is 14.5. The Hall–Kier alpha value is -5.06. The lowest BCUT2D eigenvalue weighted by atomic mass is 9.96. The number of fused-ring (bicyclic) bond motifs is 1. The molecule has 0 fully saturated rings. The predicted octanol–water partition coefficient (Wildman–Crippen LogP) is 7.15. The van der Waals surface area contributed by atoms with Gasteiger partial charge in [0, 0.05) is 22.1 Å². The zero-order valence-electron chi connectivity index (χ0n) is 24.8. The molecule has 4 aromatic carbocycles. The molecule has 0 atom stereocenters. The number of carboxylic acid groups (broad SMARTS) is 1. The summed E-state index contributed by atoms with van der Waals surface area (Å²) in [5.41, 5.74) is 4.24. The van der Waals surface area contributed by atoms with Crippen LogP contribution in [-0.2, 0) is 31.3 Å². The monoisotopic (exact) mass is 682 g/mol. The molecule has 0 spiro atoms. The molecular weight excluding hydrogens is 657 g/mol. The molecule has 0 saturated heterocycles. The van der Waals surface area contributed by atoms with Crippen molar-refractivity contribution in [2.45, 2.75) is 23.3 Å². The van der Waals surface area contributed by atoms with Crippen molar-refractivity contribution in [3.63, 3.8) is 0 Å². The zero-order valence-corrected chi connectivity index (χ0v) is 27.2. The molecule has 9 nitrogen and oxygen atoms in total. The van der Waals surface area contributed by atoms with Crippen molar-refractivity contribution >= 4 is 53.1 Å². The molecule has 0 amide bonds. The van der Waals surface area contributed by atoms with E-state index in [0.29, 0.717) is 49.4 Å². The number of aliphatic hydroxyl groups excluding tert-OH is 1. The Morgan fingerprint density at radius 2 is 1.57 bits per heavy atom. The van der Waals surface area contributed by atoms with Crippen LogP contribution in [0.2, 0.25) is 0 Å². The minimum absolute atomic E-state index is 0.0573. The fourth-order valence-electron chi connectivity index (χ4n) is 5.63. The SMILES string of the molecule is [C-]#[N+]c1sccc1-c1c(-c2cccc(-c3ccc(CO)c(S(=O)(=O)CC(=O)O)c3)c2)n(S(=O)(=O)c2ccc(C)cc2)c2ccccc12. The van der Waals surface area contributed by atoms with E-state index in [1.807, 2.05) is 13.0 Å². The Morgan fingerprint density at radius 1 is 0.872 bits per heavy atom. The van der Waals surface area contributed by atoms with E-state index < -0.39 is 38.2 Å². The number of aromatic nitrogens is 1. The number of hydrogen-bond donors (Lipinski definition) is 2. The minimum Gasteiger partial charge on any atom is -0.480 e. The summed E-state index contributed by atoms with van der Waals surface area (Å²) >= 11 is 1.25. The smallest absolute Gasteiger partial charge is 0.319 e. The molecule has 6 aromatic rings. The van der Waals surface area contributed by atoms with Crippen LogP contribution in [0.1, 0.15) is 11.1 Å². The second kappa shape index (κ2) is 12.3. The number of hydrogen-bond acceptors (Lipinski definition) is 7. The molecule has 6 rings (SSSR count). The van der Waals surface area contributed by atoms with Crippen molar-refractivity contribution in [3.8, 4) is 33.5 Å². The van der Waals surface area contributed by atoms with Crippen LogP contribution >= 0.6 is 11.3 Å². The van der Waals surface area contributed by atoms with E-state index in [1.54, 1.807) is 84.2 Å². The fourth-order valence-corrected chi connectivity index (χ4v) is 9.18. The number of carbonyl (C=O) groups is 1. The molecule has 47 heavy (non-hydrogen) atoms. The highest BCUT2D eigenvalue weighted by Gasteiger charge is 2.30. The topological polar surface area (TPSA) is 135 Å². The number of thiophene rings is 1. The van der Waals surface area contributed by atoms with E-state index in [1.165, 1.54) is 27.4 Å². The van der Waals surface area contributed by atoms with E-state index in [2.05, 4.69) is 4.85 Å². The quantitative estimate of drug-likeness (QED) is 0.155. The lowest BCUT2D eigenvalue weighted by molar-refractivity contribution is -0.134. The summed E-state index contributed by atoms with van der Waals surface area (Å²) in [6, 6.07) is 26.7. The normalized spacial score (nSPS) is 11.9. The van der Waals surface area contributed by atoms with Gasteiger partial charge in [0.2, 0.25) is 5.00 Å². The first-order valence-corrected chi connectivity index (χ1v) is 18.1. The van der Waals surface area contributed by atoms with Crippen LogP contribution in [0.5, 0.6) is 0 Å². The van der Waals surface area contributed by atoms with E-state index in [4.69, 9.17) is 6.57 Å². The molecule has 0 aliphatic heterocycles. The molecule has 2 heterocycles. The van der Waals surface area contributed by atoms with Crippen LogP contribution in [0.25, 0.3) is 49.3 Å². The molecule has 2 N–H and O–H groups in total. The first-order chi connectivity index (χ1) is 22.5. The lowest BCUT2D eigenvalue weighted by Crippen LogP contribution is -2.17. The number of carboxylic acids is 1. The van der Waals surface area contributed by atoms with E-state index in [0.717, 1.165) is 5.56 Å². The van der Waals surface area contributed by atoms with Crippen molar-refractivity contribution in [2.75, 3.05) is 5.75 Å². The molecule has 12 heteroatoms. The summed E-state index contributed by atoms with van der Waals surface area (Å²) in [5.74, 6) is -2.67.